The van der Waals surface area contributed by atoms with E-state index in [-0.39, 0.29) is 35.9 Å². The fraction of sp³-hybridized carbons (Fsp3) is 0.862. The summed E-state index contributed by atoms with van der Waals surface area (Å²) in [6, 6.07) is -1.74. The third-order valence-corrected chi connectivity index (χ3v) is 13.5. The van der Waals surface area contributed by atoms with E-state index in [1.807, 2.05) is 0 Å². The molecule has 10 nitrogen and oxygen atoms in total. The number of alkyl carbamates (subject to hydrolysis) is 1. The average molecular weight is 582 g/mol. The first-order chi connectivity index (χ1) is 18.4. The van der Waals surface area contributed by atoms with Crippen molar-refractivity contribution in [3.8, 4) is 0 Å². The summed E-state index contributed by atoms with van der Waals surface area (Å²) < 4.78 is 12.1. The van der Waals surface area contributed by atoms with E-state index in [4.69, 9.17) is 9.16 Å². The number of nitrogens with one attached hydrogen (secondary N) is 2. The SMILES string of the molecule is CC(C)(C)OC(=O)N[C@H]1CCCCCCC[C@@H]2C[C@@]2(C(=O)O)NC(=O)[C@@H]2C[C@@H](O[Si](C)(C)C(C)(C)C)CN2C1=O. The second-order valence-corrected chi connectivity index (χ2v) is 19.2. The zero-order valence-electron chi connectivity index (χ0n) is 25.7. The molecule has 0 aromatic rings. The topological polar surface area (TPSA) is 134 Å². The summed E-state index contributed by atoms with van der Waals surface area (Å²) in [7, 11) is -2.22. The number of aliphatic carboxylic acids is 1. The van der Waals surface area contributed by atoms with Crippen LogP contribution in [0, 0.1) is 5.92 Å². The summed E-state index contributed by atoms with van der Waals surface area (Å²) in [5, 5.41) is 15.6. The van der Waals surface area contributed by atoms with Gasteiger partial charge in [-0.3, -0.25) is 9.59 Å². The largest absolute Gasteiger partial charge is 0.479 e. The van der Waals surface area contributed by atoms with Gasteiger partial charge in [0, 0.05) is 13.0 Å². The number of ether oxygens (including phenoxy) is 1. The lowest BCUT2D eigenvalue weighted by molar-refractivity contribution is -0.146. The van der Waals surface area contributed by atoms with Gasteiger partial charge in [-0.15, -0.1) is 0 Å². The molecule has 2 saturated heterocycles. The van der Waals surface area contributed by atoms with Crippen molar-refractivity contribution in [3.05, 3.63) is 0 Å². The number of amides is 3. The Morgan fingerprint density at radius 2 is 1.62 bits per heavy atom. The Bertz CT molecular complexity index is 974. The molecule has 11 heteroatoms. The molecule has 2 heterocycles. The summed E-state index contributed by atoms with van der Waals surface area (Å²) in [6.45, 7) is 16.2. The first-order valence-corrected chi connectivity index (χ1v) is 17.8. The van der Waals surface area contributed by atoms with E-state index in [0.29, 0.717) is 12.8 Å². The molecule has 1 aliphatic carbocycles. The van der Waals surface area contributed by atoms with Crippen molar-refractivity contribution in [2.45, 2.75) is 147 Å². The second-order valence-electron chi connectivity index (χ2n) is 14.5. The Hall–Kier alpha value is -2.14. The molecule has 3 rings (SSSR count). The monoisotopic (exact) mass is 581 g/mol. The Labute approximate surface area is 240 Å². The van der Waals surface area contributed by atoms with Crippen molar-refractivity contribution < 1.29 is 33.4 Å². The van der Waals surface area contributed by atoms with Crippen LogP contribution in [-0.2, 0) is 23.5 Å². The van der Waals surface area contributed by atoms with Crippen LogP contribution >= 0.6 is 0 Å². The van der Waals surface area contributed by atoms with Crippen molar-refractivity contribution in [1.29, 1.82) is 0 Å². The lowest BCUT2D eigenvalue weighted by atomic mass is 10.0. The van der Waals surface area contributed by atoms with E-state index in [9.17, 15) is 24.3 Å². The zero-order chi connectivity index (χ0) is 30.1. The van der Waals surface area contributed by atoms with Gasteiger partial charge in [-0.1, -0.05) is 52.9 Å². The van der Waals surface area contributed by atoms with Crippen molar-refractivity contribution in [1.82, 2.24) is 15.5 Å². The summed E-state index contributed by atoms with van der Waals surface area (Å²) in [4.78, 5) is 54.3. The first-order valence-electron chi connectivity index (χ1n) is 14.9. The van der Waals surface area contributed by atoms with Crippen molar-refractivity contribution in [3.63, 3.8) is 0 Å². The number of rotatable bonds is 4. The summed E-state index contributed by atoms with van der Waals surface area (Å²) in [5.74, 6) is -1.96. The van der Waals surface area contributed by atoms with Crippen LogP contribution in [0.15, 0.2) is 0 Å². The van der Waals surface area contributed by atoms with Crippen LogP contribution in [0.25, 0.3) is 0 Å². The van der Waals surface area contributed by atoms with E-state index in [2.05, 4.69) is 44.5 Å². The quantitative estimate of drug-likeness (QED) is 0.414. The maximum absolute atomic E-state index is 14.0. The van der Waals surface area contributed by atoms with E-state index in [1.54, 1.807) is 20.8 Å². The number of hydrogen-bond donors (Lipinski definition) is 3. The van der Waals surface area contributed by atoms with E-state index in [1.165, 1.54) is 4.90 Å². The number of fused-ring (bicyclic) bond motifs is 2. The van der Waals surface area contributed by atoms with Gasteiger partial charge in [0.25, 0.3) is 0 Å². The van der Waals surface area contributed by atoms with Crippen LogP contribution in [0.2, 0.25) is 18.1 Å². The van der Waals surface area contributed by atoms with E-state index < -0.39 is 49.5 Å². The van der Waals surface area contributed by atoms with Gasteiger partial charge in [-0.2, -0.15) is 0 Å². The number of nitrogens with zero attached hydrogens (tertiary/aromatic N) is 1. The fourth-order valence-corrected chi connectivity index (χ4v) is 6.95. The lowest BCUT2D eigenvalue weighted by Crippen LogP contribution is -2.56. The molecule has 3 N–H and O–H groups in total. The minimum atomic E-state index is -2.22. The molecule has 2 aliphatic heterocycles. The molecule has 0 radical (unpaired) electrons. The van der Waals surface area contributed by atoms with Crippen LogP contribution in [0.1, 0.15) is 99.3 Å². The molecule has 0 unspecified atom stereocenters. The summed E-state index contributed by atoms with van der Waals surface area (Å²) >= 11 is 0. The first kappa shape index (κ1) is 32.4. The fourth-order valence-electron chi connectivity index (χ4n) is 5.60. The second kappa shape index (κ2) is 12.0. The molecule has 0 spiro atoms. The predicted molar refractivity (Wildman–Crippen MR) is 154 cm³/mol. The number of carboxylic acid groups (broad SMARTS) is 1. The smallest absolute Gasteiger partial charge is 0.408 e. The molecule has 0 aromatic heterocycles. The van der Waals surface area contributed by atoms with Gasteiger partial charge >= 0.3 is 12.1 Å². The Kier molecular flexibility index (Phi) is 9.71. The molecule has 1 saturated carbocycles. The molecular weight excluding hydrogens is 530 g/mol. The molecule has 0 bridgehead atoms. The molecule has 5 atom stereocenters. The van der Waals surface area contributed by atoms with Gasteiger partial charge in [0.15, 0.2) is 8.32 Å². The van der Waals surface area contributed by atoms with Crippen LogP contribution in [0.5, 0.6) is 0 Å². The third-order valence-electron chi connectivity index (χ3n) is 8.98. The van der Waals surface area contributed by atoms with Gasteiger partial charge in [-0.25, -0.2) is 9.59 Å². The Balaban J connectivity index is 1.91. The number of hydrogen-bond acceptors (Lipinski definition) is 6. The standard InChI is InChI=1S/C29H51N3O7Si/c1-27(2,3)38-26(37)30-21-15-13-11-9-10-12-14-19-17-29(19,25(35)36)31-23(33)22-16-20(18-32(22)24(21)34)39-40(7,8)28(4,5)6/h19-22H,9-18H2,1-8H3,(H,30,37)(H,31,33)(H,35,36)/t19-,20-,21+,22+,29-/m1/s1. The minimum absolute atomic E-state index is 0.0641. The van der Waals surface area contributed by atoms with Gasteiger partial charge in [-0.05, 0) is 64.1 Å². The number of carboxylic acids is 1. The average Bonchev–Trinajstić information content (AvgIpc) is 3.33. The van der Waals surface area contributed by atoms with Crippen LogP contribution < -0.4 is 10.6 Å². The highest BCUT2D eigenvalue weighted by Gasteiger charge is 2.62. The van der Waals surface area contributed by atoms with Gasteiger partial charge in [0.2, 0.25) is 11.8 Å². The third kappa shape index (κ3) is 7.77. The van der Waals surface area contributed by atoms with Crippen LogP contribution in [0.4, 0.5) is 4.79 Å². The minimum Gasteiger partial charge on any atom is -0.479 e. The molecule has 40 heavy (non-hydrogen) atoms. The summed E-state index contributed by atoms with van der Waals surface area (Å²) in [6.07, 6.45) is 5.27. The molecule has 3 fully saturated rings. The summed E-state index contributed by atoms with van der Waals surface area (Å²) in [5.41, 5.74) is -2.00. The van der Waals surface area contributed by atoms with Gasteiger partial charge in [0.05, 0.1) is 6.10 Å². The molecule has 3 aliphatic rings. The number of carbonyl (C=O) groups excluding carboxylic acids is 3. The molecule has 228 valence electrons. The van der Waals surface area contributed by atoms with Crippen LogP contribution in [0.3, 0.4) is 0 Å². The van der Waals surface area contributed by atoms with Crippen molar-refractivity contribution >= 4 is 32.2 Å². The van der Waals surface area contributed by atoms with E-state index >= 15 is 0 Å². The van der Waals surface area contributed by atoms with Gasteiger partial charge < -0.3 is 29.8 Å². The molecule has 3 amide bonds. The Morgan fingerprint density at radius 1 is 1.02 bits per heavy atom. The zero-order valence-corrected chi connectivity index (χ0v) is 26.7. The highest BCUT2D eigenvalue weighted by molar-refractivity contribution is 6.74. The van der Waals surface area contributed by atoms with Crippen molar-refractivity contribution in [2.75, 3.05) is 6.54 Å². The highest BCUT2D eigenvalue weighted by Crippen LogP contribution is 2.47. The Morgan fingerprint density at radius 3 is 2.20 bits per heavy atom. The number of carbonyl (C=O) groups is 4. The highest BCUT2D eigenvalue weighted by atomic mass is 28.4. The normalized spacial score (nSPS) is 30.8. The maximum atomic E-state index is 14.0. The van der Waals surface area contributed by atoms with Crippen LogP contribution in [-0.4, -0.2) is 78.1 Å². The maximum Gasteiger partial charge on any atom is 0.408 e. The van der Waals surface area contributed by atoms with E-state index in [0.717, 1.165) is 38.5 Å². The molecular formula is C29H51N3O7Si. The molecule has 0 aromatic carbocycles. The predicted octanol–water partition coefficient (Wildman–Crippen LogP) is 4.57. The van der Waals surface area contributed by atoms with Gasteiger partial charge in [0.1, 0.15) is 23.2 Å². The van der Waals surface area contributed by atoms with Crippen molar-refractivity contribution in [2.24, 2.45) is 5.92 Å². The lowest BCUT2D eigenvalue weighted by Gasteiger charge is -2.38.